The van der Waals surface area contributed by atoms with Crippen LogP contribution >= 0.6 is 0 Å². The van der Waals surface area contributed by atoms with Crippen LogP contribution < -0.4 is 43.1 Å². The Morgan fingerprint density at radius 1 is 0.167 bits per heavy atom. The predicted molar refractivity (Wildman–Crippen MR) is 75.8 cm³/mol. The summed E-state index contributed by atoms with van der Waals surface area (Å²) in [4.78, 5) is 0. The topological polar surface area (TPSA) is 767 Å². The van der Waals surface area contributed by atoms with Gasteiger partial charge in [0.1, 0.15) is 0 Å². The van der Waals surface area contributed by atoms with Crippen LogP contribution in [0.2, 0.25) is 0 Å². The molecule has 0 aliphatic carbocycles. The van der Waals surface area contributed by atoms with Crippen molar-refractivity contribution >= 4 is 0 Å². The van der Waals surface area contributed by atoms with E-state index in [0.29, 0.717) is 0 Å². The molecule has 35 nitrogen and oxygen atoms in total. The van der Waals surface area contributed by atoms with E-state index in [1.165, 1.54) is 0 Å². The second-order valence-electron chi connectivity index (χ2n) is 3.13. The summed E-state index contributed by atoms with van der Waals surface area (Å²) in [7, 11) is 0. The van der Waals surface area contributed by atoms with Gasteiger partial charge in [-0.3, -0.25) is 0 Å². The molecular formula is H35Mo7N7O28. The first kappa shape index (κ1) is 90.2. The van der Waals surface area contributed by atoms with Gasteiger partial charge in [-0.25, -0.2) is 0 Å². The number of rotatable bonds is 0. The van der Waals surface area contributed by atoms with E-state index >= 15 is 0 Å². The van der Waals surface area contributed by atoms with Crippen molar-refractivity contribution in [1.29, 1.82) is 0 Å². The van der Waals surface area contributed by atoms with Crippen molar-refractivity contribution in [2.45, 2.75) is 0 Å². The average Bonchev–Trinajstić information content (AvgIpc) is 2.06. The molecule has 0 fully saturated rings. The third-order valence-corrected chi connectivity index (χ3v) is 0. The van der Waals surface area contributed by atoms with Gasteiger partial charge in [-0.05, 0) is 0 Å². The van der Waals surface area contributed by atoms with E-state index < -0.39 is 117 Å². The van der Waals surface area contributed by atoms with Crippen molar-refractivity contribution in [3.63, 3.8) is 0 Å². The standard InChI is InChI=1S/7Mo.7H3N.14H2O.14O/h;;;;;;;7*1H3;14*1H2;;;;;;;;;;;;;;/q7*+2;;;;;;;;;;;;;;;;;;;;;;;;;;;;;;;;;;;/p-14. The quantitative estimate of drug-likeness (QED) is 0.100. The van der Waals surface area contributed by atoms with Gasteiger partial charge in [0.25, 0.3) is 0 Å². The summed E-state index contributed by atoms with van der Waals surface area (Å²) in [5, 5.41) is 0. The van der Waals surface area contributed by atoms with Crippen LogP contribution in [0.15, 0.2) is 0 Å². The molecule has 0 saturated carbocycles. The second-order valence-corrected chi connectivity index (χ2v) is 18.5. The Bertz CT molecular complexity index is 930. The Morgan fingerprint density at radius 3 is 0.167 bits per heavy atom. The van der Waals surface area contributed by atoms with Crippen LogP contribution in [-0.4, -0.2) is 52.6 Å². The molecule has 0 saturated heterocycles. The molecule has 0 aromatic heterocycles. The van der Waals surface area contributed by atoms with Gasteiger partial charge in [-0.2, -0.15) is 0 Å². The van der Waals surface area contributed by atoms with E-state index in [1.807, 2.05) is 0 Å². The summed E-state index contributed by atoms with van der Waals surface area (Å²) in [5.41, 5.74) is 0. The number of hydrogen-bond donors (Lipinski definition) is 21. The van der Waals surface area contributed by atoms with Crippen molar-refractivity contribution < 1.29 is 217 Å². The molecule has 280 valence electrons. The van der Waals surface area contributed by atoms with Crippen molar-refractivity contribution in [2.75, 3.05) is 0 Å². The Balaban J connectivity index is -0.0000000177. The fraction of sp³-hybridized carbons (Fsp3) is 0. The zero-order valence-corrected chi connectivity index (χ0v) is 33.8. The average molecular weight is 1250 g/mol. The summed E-state index contributed by atoms with van der Waals surface area (Å²) in [5.74, 6) is 0. The van der Waals surface area contributed by atoms with Crippen LogP contribution in [0.5, 0.6) is 0 Å². The van der Waals surface area contributed by atoms with Gasteiger partial charge in [0.05, 0.1) is 0 Å². The van der Waals surface area contributed by atoms with Gasteiger partial charge in [-0.1, -0.05) is 0 Å². The molecule has 0 bridgehead atoms. The number of hydrogen-bond acceptors (Lipinski definition) is 21. The zero-order chi connectivity index (χ0) is 31.5. The van der Waals surface area contributed by atoms with Crippen molar-refractivity contribution in [1.82, 2.24) is 43.1 Å². The molecule has 35 N–H and O–H groups in total. The van der Waals surface area contributed by atoms with Gasteiger partial charge >= 0.3 is 217 Å². The van der Waals surface area contributed by atoms with Crippen LogP contribution in [0, 0.1) is 0 Å². The van der Waals surface area contributed by atoms with Crippen molar-refractivity contribution in [2.24, 2.45) is 0 Å². The summed E-state index contributed by atoms with van der Waals surface area (Å²) in [6.07, 6.45) is 0. The molecular weight excluding hydrogens is 1220 g/mol. The van der Waals surface area contributed by atoms with Gasteiger partial charge in [-0.15, -0.1) is 0 Å². The molecule has 0 spiro atoms. The van der Waals surface area contributed by atoms with Gasteiger partial charge in [0, 0.05) is 0 Å². The summed E-state index contributed by atoms with van der Waals surface area (Å²) >= 11 is -38.6. The van der Waals surface area contributed by atoms with Crippen molar-refractivity contribution in [3.05, 3.63) is 0 Å². The molecule has 0 radical (unpaired) electrons. The van der Waals surface area contributed by atoms with E-state index in [2.05, 4.69) is 0 Å². The Labute approximate surface area is 257 Å². The van der Waals surface area contributed by atoms with Gasteiger partial charge in [0.15, 0.2) is 0 Å². The van der Waals surface area contributed by atoms with Crippen LogP contribution in [0.25, 0.3) is 0 Å². The molecule has 0 atom stereocenters. The molecule has 42 heavy (non-hydrogen) atoms. The first-order chi connectivity index (χ1) is 14.0. The minimum atomic E-state index is -5.52. The Hall–Kier alpha value is 1.18. The summed E-state index contributed by atoms with van der Waals surface area (Å²) in [6.45, 7) is 0. The van der Waals surface area contributed by atoms with E-state index in [-0.39, 0.29) is 43.1 Å². The third-order valence-electron chi connectivity index (χ3n) is 0. The molecule has 0 heterocycles. The van der Waals surface area contributed by atoms with E-state index in [1.54, 1.807) is 0 Å². The maximum absolute atomic E-state index is 8.85. The van der Waals surface area contributed by atoms with E-state index in [0.717, 1.165) is 0 Å². The molecule has 0 amide bonds. The third kappa shape index (κ3) is 47900. The molecule has 0 unspecified atom stereocenters. The molecule has 0 aromatic carbocycles. The fourth-order valence-corrected chi connectivity index (χ4v) is 0. The van der Waals surface area contributed by atoms with Crippen LogP contribution in [0.1, 0.15) is 0 Å². The van der Waals surface area contributed by atoms with Gasteiger partial charge in [0.2, 0.25) is 0 Å². The Morgan fingerprint density at radius 2 is 0.167 bits per heavy atom. The molecule has 0 rings (SSSR count). The van der Waals surface area contributed by atoms with Crippen LogP contribution in [0.3, 0.4) is 0 Å². The second kappa shape index (κ2) is 38.4. The first-order valence-corrected chi connectivity index (χ1v) is 28.9. The maximum atomic E-state index is 8.85. The zero-order valence-electron chi connectivity index (χ0n) is 19.8. The van der Waals surface area contributed by atoms with Crippen molar-refractivity contribution in [3.8, 4) is 0 Å². The summed E-state index contributed by atoms with van der Waals surface area (Å²) in [6, 6.07) is 0. The molecule has 0 aromatic rings. The van der Waals surface area contributed by atoms with E-state index in [4.69, 9.17) is 100 Å². The molecule has 42 heteroatoms. The van der Waals surface area contributed by atoms with E-state index in [9.17, 15) is 0 Å². The fourth-order valence-electron chi connectivity index (χ4n) is 0. The SMILES string of the molecule is N.N.N.N.N.N.N.[O]=[Mo](=[O])([OH])[OH].[O]=[Mo](=[O])([OH])[OH].[O]=[Mo](=[O])([OH])[OH].[O]=[Mo](=[O])([OH])[OH].[O]=[Mo](=[O])([OH])[OH].[O]=[Mo](=[O])([OH])[OH].[O]=[Mo](=[O])([OH])[OH]. The summed E-state index contributed by atoms with van der Waals surface area (Å²) < 4.78 is 224. The van der Waals surface area contributed by atoms with Crippen LogP contribution in [-0.2, 0) is 165 Å². The minimum absolute atomic E-state index is 0. The normalized spacial score (nSPS) is 9.67. The van der Waals surface area contributed by atoms with Gasteiger partial charge < -0.3 is 43.1 Å². The monoisotopic (exact) mass is 1270 g/mol. The first-order valence-electron chi connectivity index (χ1n) is 4.89. The molecule has 0 aliphatic heterocycles. The van der Waals surface area contributed by atoms with Crippen LogP contribution in [0.4, 0.5) is 0 Å². The predicted octanol–water partition coefficient (Wildman–Crippen LogP) is -8.34. The Kier molecular flexibility index (Phi) is 82.4. The molecule has 0 aliphatic rings.